The Labute approximate surface area is 159 Å². The molecule has 5 nitrogen and oxygen atoms in total. The van der Waals surface area contributed by atoms with Gasteiger partial charge in [-0.05, 0) is 36.8 Å². The molecule has 0 saturated carbocycles. The molecule has 0 aliphatic carbocycles. The molecule has 1 heterocycles. The molecular formula is C21H16F2N2O3. The minimum Gasteiger partial charge on any atom is -0.493 e. The van der Waals surface area contributed by atoms with Crippen LogP contribution in [0.2, 0.25) is 0 Å². The van der Waals surface area contributed by atoms with Crippen molar-refractivity contribution >= 4 is 22.8 Å². The molecule has 3 aromatic rings. The van der Waals surface area contributed by atoms with E-state index in [1.165, 1.54) is 31.4 Å². The van der Waals surface area contributed by atoms with Gasteiger partial charge in [0.15, 0.2) is 11.5 Å². The molecule has 0 unspecified atom stereocenters. The number of nitrogens with one attached hydrogen (secondary N) is 1. The van der Waals surface area contributed by atoms with Crippen LogP contribution < -0.4 is 9.47 Å². The molecule has 0 bridgehead atoms. The van der Waals surface area contributed by atoms with Gasteiger partial charge >= 0.3 is 6.61 Å². The Morgan fingerprint density at radius 2 is 1.96 bits per heavy atom. The first-order chi connectivity index (χ1) is 13.4. The van der Waals surface area contributed by atoms with E-state index >= 15 is 0 Å². The van der Waals surface area contributed by atoms with Crippen molar-refractivity contribution in [1.29, 1.82) is 5.26 Å². The highest BCUT2D eigenvalue weighted by molar-refractivity contribution is 6.20. The molecule has 7 heteroatoms. The number of hydrogen-bond donors (Lipinski definition) is 1. The first kappa shape index (κ1) is 19.1. The number of hydrogen-bond acceptors (Lipinski definition) is 4. The number of nitrogens with zero attached hydrogens (tertiary/aromatic N) is 1. The molecule has 0 saturated heterocycles. The zero-order valence-electron chi connectivity index (χ0n) is 15.1. The number of allylic oxidation sites excluding steroid dienone is 1. The van der Waals surface area contributed by atoms with Crippen molar-refractivity contribution in [2.75, 3.05) is 7.11 Å². The smallest absolute Gasteiger partial charge is 0.387 e. The number of rotatable bonds is 6. The molecular weight excluding hydrogens is 366 g/mol. The molecule has 142 valence electrons. The highest BCUT2D eigenvalue weighted by Gasteiger charge is 2.20. The molecule has 3 rings (SSSR count). The number of nitriles is 1. The number of H-pyrrole nitrogens is 1. The molecule has 0 spiro atoms. The number of aromatic amines is 1. The number of fused-ring (bicyclic) bond motifs is 1. The lowest BCUT2D eigenvalue weighted by molar-refractivity contribution is -0.0512. The molecule has 0 atom stereocenters. The third-order valence-corrected chi connectivity index (χ3v) is 4.20. The van der Waals surface area contributed by atoms with E-state index in [2.05, 4.69) is 9.72 Å². The molecule has 28 heavy (non-hydrogen) atoms. The molecule has 1 N–H and O–H groups in total. The summed E-state index contributed by atoms with van der Waals surface area (Å²) < 4.78 is 34.3. The van der Waals surface area contributed by atoms with E-state index in [4.69, 9.17) is 4.74 Å². The maximum Gasteiger partial charge on any atom is 0.387 e. The number of carbonyl (C=O) groups is 1. The third kappa shape index (κ3) is 3.71. The summed E-state index contributed by atoms with van der Waals surface area (Å²) in [5.74, 6) is -0.488. The average Bonchev–Trinajstić information content (AvgIpc) is 3.01. The average molecular weight is 382 g/mol. The Bertz CT molecular complexity index is 1110. The molecule has 0 amide bonds. The number of Topliss-reactive ketones (excluding diaryl/α,β-unsaturated/α-hetero) is 1. The maximum atomic E-state index is 13.0. The van der Waals surface area contributed by atoms with Gasteiger partial charge in [0.05, 0.1) is 12.7 Å². The summed E-state index contributed by atoms with van der Waals surface area (Å²) in [5.41, 5.74) is 2.24. The van der Waals surface area contributed by atoms with E-state index in [9.17, 15) is 18.8 Å². The van der Waals surface area contributed by atoms with Gasteiger partial charge in [0.2, 0.25) is 5.78 Å². The standard InChI is InChI=1S/C21H16F2N2O3/c1-12-19(15-5-3-4-6-16(15)25-12)20(26)14(11-24)9-13-7-8-17(28-21(22)23)18(10-13)27-2/h3-10,21,25H,1-2H3/b14-9+. The van der Waals surface area contributed by atoms with Crippen molar-refractivity contribution in [3.8, 4) is 17.6 Å². The fourth-order valence-corrected chi connectivity index (χ4v) is 2.99. The van der Waals surface area contributed by atoms with Crippen molar-refractivity contribution in [2.45, 2.75) is 13.5 Å². The Hall–Kier alpha value is -3.66. The summed E-state index contributed by atoms with van der Waals surface area (Å²) in [6.45, 7) is -1.22. The first-order valence-electron chi connectivity index (χ1n) is 8.31. The van der Waals surface area contributed by atoms with Gasteiger partial charge in [-0.3, -0.25) is 4.79 Å². The Balaban J connectivity index is 2.01. The van der Waals surface area contributed by atoms with Crippen molar-refractivity contribution in [3.63, 3.8) is 0 Å². The van der Waals surface area contributed by atoms with Crippen LogP contribution in [0.4, 0.5) is 8.78 Å². The van der Waals surface area contributed by atoms with E-state index in [-0.39, 0.29) is 17.1 Å². The van der Waals surface area contributed by atoms with Crippen molar-refractivity contribution < 1.29 is 23.0 Å². The Kier molecular flexibility index (Phi) is 5.41. The van der Waals surface area contributed by atoms with E-state index in [0.29, 0.717) is 16.8 Å². The van der Waals surface area contributed by atoms with Gasteiger partial charge in [-0.25, -0.2) is 0 Å². The van der Waals surface area contributed by atoms with Crippen LogP contribution in [-0.4, -0.2) is 24.5 Å². The first-order valence-corrected chi connectivity index (χ1v) is 8.31. The number of para-hydroxylation sites is 1. The van der Waals surface area contributed by atoms with E-state index in [1.807, 2.05) is 24.3 Å². The lowest BCUT2D eigenvalue weighted by atomic mass is 9.99. The minimum absolute atomic E-state index is 0.0714. The van der Waals surface area contributed by atoms with E-state index in [1.54, 1.807) is 13.0 Å². The number of alkyl halides is 2. The van der Waals surface area contributed by atoms with Crippen LogP contribution in [0.15, 0.2) is 48.0 Å². The molecule has 0 aliphatic rings. The van der Waals surface area contributed by atoms with Gasteiger partial charge in [0, 0.05) is 16.6 Å². The van der Waals surface area contributed by atoms with Gasteiger partial charge in [-0.15, -0.1) is 0 Å². The summed E-state index contributed by atoms with van der Waals surface area (Å²) >= 11 is 0. The van der Waals surface area contributed by atoms with Crippen molar-refractivity contribution in [3.05, 3.63) is 64.9 Å². The van der Waals surface area contributed by atoms with Gasteiger partial charge in [-0.2, -0.15) is 14.0 Å². The second kappa shape index (κ2) is 7.92. The number of methoxy groups -OCH3 is 1. The lowest BCUT2D eigenvalue weighted by Gasteiger charge is -2.10. The number of aromatic nitrogens is 1. The van der Waals surface area contributed by atoms with Gasteiger partial charge in [0.25, 0.3) is 0 Å². The summed E-state index contributed by atoms with van der Waals surface area (Å²) in [7, 11) is 1.31. The van der Waals surface area contributed by atoms with Crippen molar-refractivity contribution in [1.82, 2.24) is 4.98 Å². The van der Waals surface area contributed by atoms with Crippen LogP contribution in [0.25, 0.3) is 17.0 Å². The van der Waals surface area contributed by atoms with Crippen molar-refractivity contribution in [2.24, 2.45) is 0 Å². The molecule has 0 radical (unpaired) electrons. The minimum atomic E-state index is -2.99. The number of aryl methyl sites for hydroxylation is 1. The lowest BCUT2D eigenvalue weighted by Crippen LogP contribution is -2.04. The van der Waals surface area contributed by atoms with Crippen LogP contribution >= 0.6 is 0 Å². The predicted molar refractivity (Wildman–Crippen MR) is 101 cm³/mol. The summed E-state index contributed by atoms with van der Waals surface area (Å²) in [4.78, 5) is 16.1. The fraction of sp³-hybridized carbons (Fsp3) is 0.143. The van der Waals surface area contributed by atoms with Crippen LogP contribution in [-0.2, 0) is 0 Å². The summed E-state index contributed by atoms with van der Waals surface area (Å²) in [6, 6.07) is 13.4. The number of ether oxygens (including phenoxy) is 2. The van der Waals surface area contributed by atoms with E-state index in [0.717, 1.165) is 10.9 Å². The maximum absolute atomic E-state index is 13.0. The van der Waals surface area contributed by atoms with E-state index < -0.39 is 12.4 Å². The quantitative estimate of drug-likeness (QED) is 0.375. The Morgan fingerprint density at radius 1 is 1.21 bits per heavy atom. The second-order valence-corrected chi connectivity index (χ2v) is 5.96. The zero-order valence-corrected chi connectivity index (χ0v) is 15.1. The van der Waals surface area contributed by atoms with Crippen LogP contribution in [0.5, 0.6) is 11.5 Å². The number of benzene rings is 2. The molecule has 0 aliphatic heterocycles. The molecule has 0 fully saturated rings. The second-order valence-electron chi connectivity index (χ2n) is 5.96. The Morgan fingerprint density at radius 3 is 2.64 bits per heavy atom. The SMILES string of the molecule is COc1cc(/C=C(\C#N)C(=O)c2c(C)[nH]c3ccccc23)ccc1OC(F)F. The number of carbonyl (C=O) groups excluding carboxylic acids is 1. The highest BCUT2D eigenvalue weighted by atomic mass is 19.3. The number of halogens is 2. The third-order valence-electron chi connectivity index (χ3n) is 4.20. The summed E-state index contributed by atoms with van der Waals surface area (Å²) in [6.07, 6.45) is 1.39. The zero-order chi connectivity index (χ0) is 20.3. The predicted octanol–water partition coefficient (Wildman–Crippen LogP) is 4.88. The van der Waals surface area contributed by atoms with Gasteiger partial charge in [-0.1, -0.05) is 24.3 Å². The highest BCUT2D eigenvalue weighted by Crippen LogP contribution is 2.31. The van der Waals surface area contributed by atoms with Crippen LogP contribution in [0, 0.1) is 18.3 Å². The molecule has 1 aromatic heterocycles. The summed E-state index contributed by atoms with van der Waals surface area (Å²) in [5, 5.41) is 10.2. The fourth-order valence-electron chi connectivity index (χ4n) is 2.99. The van der Waals surface area contributed by atoms with Gasteiger partial charge in [0.1, 0.15) is 11.6 Å². The number of ketones is 1. The normalized spacial score (nSPS) is 11.5. The van der Waals surface area contributed by atoms with Crippen LogP contribution in [0.1, 0.15) is 21.6 Å². The largest absolute Gasteiger partial charge is 0.493 e. The monoisotopic (exact) mass is 382 g/mol. The topological polar surface area (TPSA) is 75.1 Å². The van der Waals surface area contributed by atoms with Gasteiger partial charge < -0.3 is 14.5 Å². The van der Waals surface area contributed by atoms with Crippen LogP contribution in [0.3, 0.4) is 0 Å². The molecule has 2 aromatic carbocycles.